The lowest BCUT2D eigenvalue weighted by Crippen LogP contribution is -2.30. The fraction of sp³-hybridized carbons (Fsp3) is 1.00. The molecule has 0 N–H and O–H groups in total. The highest BCUT2D eigenvalue weighted by molar-refractivity contribution is 7.41. The lowest BCUT2D eigenvalue weighted by molar-refractivity contribution is -0.0214. The van der Waals surface area contributed by atoms with Gasteiger partial charge < -0.3 is 13.6 Å². The molecule has 0 unspecified atom stereocenters. The summed E-state index contributed by atoms with van der Waals surface area (Å²) >= 11 is 0. The molecule has 0 fully saturated rings. The summed E-state index contributed by atoms with van der Waals surface area (Å²) in [5.41, 5.74) is -0.652. The van der Waals surface area contributed by atoms with E-state index in [9.17, 15) is 0 Å². The van der Waals surface area contributed by atoms with Crippen LogP contribution in [0.25, 0.3) is 0 Å². The predicted octanol–water partition coefficient (Wildman–Crippen LogP) is 7.00. The highest BCUT2D eigenvalue weighted by Gasteiger charge is 2.35. The smallest absolute Gasteiger partial charge is 0.306 e. The molecule has 0 radical (unpaired) electrons. The van der Waals surface area contributed by atoms with Gasteiger partial charge in [0.2, 0.25) is 0 Å². The Morgan fingerprint density at radius 1 is 0.545 bits per heavy atom. The molecule has 3 nitrogen and oxygen atoms in total. The van der Waals surface area contributed by atoms with Gasteiger partial charge in [0, 0.05) is 0 Å². The van der Waals surface area contributed by atoms with Crippen molar-refractivity contribution < 1.29 is 13.6 Å². The molecule has 0 aromatic carbocycles. The van der Waals surface area contributed by atoms with E-state index in [1.807, 2.05) is 0 Å². The van der Waals surface area contributed by atoms with Crippen molar-refractivity contribution in [2.24, 2.45) is 0 Å². The first-order valence-corrected chi connectivity index (χ1v) is 9.94. The minimum absolute atomic E-state index is 0.217. The van der Waals surface area contributed by atoms with Crippen LogP contribution in [-0.4, -0.2) is 16.8 Å². The molecule has 0 atom stereocenters. The Kier molecular flexibility index (Phi) is 9.70. The predicted molar refractivity (Wildman–Crippen MR) is 97.1 cm³/mol. The fourth-order valence-electron chi connectivity index (χ4n) is 2.60. The summed E-state index contributed by atoms with van der Waals surface area (Å²) in [6, 6.07) is 0. The van der Waals surface area contributed by atoms with E-state index in [0.717, 1.165) is 38.5 Å². The Hall–Kier alpha value is 0.310. The molecule has 0 aromatic heterocycles. The quantitative estimate of drug-likeness (QED) is 0.360. The van der Waals surface area contributed by atoms with E-state index in [-0.39, 0.29) is 16.8 Å². The summed E-state index contributed by atoms with van der Waals surface area (Å²) < 4.78 is 18.8. The Morgan fingerprint density at radius 2 is 0.773 bits per heavy atom. The molecular weight excluding hydrogens is 295 g/mol. The van der Waals surface area contributed by atoms with Crippen LogP contribution >= 0.6 is 8.60 Å². The van der Waals surface area contributed by atoms with Crippen LogP contribution in [0.1, 0.15) is 101 Å². The average molecular weight is 334 g/mol. The van der Waals surface area contributed by atoms with E-state index in [1.165, 1.54) is 0 Å². The van der Waals surface area contributed by atoms with Gasteiger partial charge in [0.05, 0.1) is 16.8 Å². The maximum Gasteiger partial charge on any atom is 0.334 e. The van der Waals surface area contributed by atoms with Gasteiger partial charge in [0.25, 0.3) is 0 Å². The molecule has 0 spiro atoms. The lowest BCUT2D eigenvalue weighted by atomic mass is 10.0. The van der Waals surface area contributed by atoms with Crippen LogP contribution < -0.4 is 0 Å². The topological polar surface area (TPSA) is 27.7 Å². The Labute approximate surface area is 140 Å². The SMILES string of the molecule is CCCC(C)(C)OP(OC(C)(C)CCC)OC(C)(C)CCC. The molecule has 0 heterocycles. The first-order chi connectivity index (χ1) is 9.97. The third kappa shape index (κ3) is 10.2. The first-order valence-electron chi connectivity index (χ1n) is 8.84. The number of rotatable bonds is 12. The Balaban J connectivity index is 4.98. The molecule has 0 saturated carbocycles. The van der Waals surface area contributed by atoms with Gasteiger partial charge in [0.1, 0.15) is 0 Å². The van der Waals surface area contributed by atoms with Crippen molar-refractivity contribution >= 4 is 8.60 Å². The van der Waals surface area contributed by atoms with Gasteiger partial charge in [0.15, 0.2) is 0 Å². The molecule has 0 aliphatic rings. The van der Waals surface area contributed by atoms with Gasteiger partial charge in [-0.05, 0) is 60.8 Å². The fourth-order valence-corrected chi connectivity index (χ4v) is 4.20. The molecular formula is C18H39O3P. The van der Waals surface area contributed by atoms with Crippen LogP contribution in [0.2, 0.25) is 0 Å². The third-order valence-electron chi connectivity index (χ3n) is 3.52. The first kappa shape index (κ1) is 22.3. The standard InChI is InChI=1S/C18H39O3P/c1-10-13-16(4,5)19-22(20-17(6,7)14-11-2)21-18(8,9)15-12-3/h10-15H2,1-9H3. The molecule has 0 bridgehead atoms. The second-order valence-corrected chi connectivity index (χ2v) is 9.02. The van der Waals surface area contributed by atoms with Crippen molar-refractivity contribution in [1.82, 2.24) is 0 Å². The summed E-state index contributed by atoms with van der Waals surface area (Å²) in [6.45, 7) is 19.3. The van der Waals surface area contributed by atoms with E-state index in [0.29, 0.717) is 0 Å². The van der Waals surface area contributed by atoms with Crippen molar-refractivity contribution in [3.05, 3.63) is 0 Å². The highest BCUT2D eigenvalue weighted by atomic mass is 31.2. The van der Waals surface area contributed by atoms with Gasteiger partial charge in [-0.15, -0.1) is 0 Å². The van der Waals surface area contributed by atoms with Crippen molar-refractivity contribution in [3.8, 4) is 0 Å². The second kappa shape index (κ2) is 9.57. The minimum Gasteiger partial charge on any atom is -0.306 e. The average Bonchev–Trinajstić information content (AvgIpc) is 2.25. The van der Waals surface area contributed by atoms with Crippen LogP contribution in [0.3, 0.4) is 0 Å². The van der Waals surface area contributed by atoms with Crippen LogP contribution in [0.15, 0.2) is 0 Å². The second-order valence-electron chi connectivity index (χ2n) is 8.03. The summed E-state index contributed by atoms with van der Waals surface area (Å²) in [4.78, 5) is 0. The van der Waals surface area contributed by atoms with E-state index < -0.39 is 8.60 Å². The zero-order chi connectivity index (χ0) is 17.4. The van der Waals surface area contributed by atoms with E-state index in [4.69, 9.17) is 13.6 Å². The number of hydrogen-bond donors (Lipinski definition) is 0. The van der Waals surface area contributed by atoms with Gasteiger partial charge in [-0.25, -0.2) is 0 Å². The van der Waals surface area contributed by atoms with Crippen LogP contribution in [0.4, 0.5) is 0 Å². The Morgan fingerprint density at radius 3 is 0.955 bits per heavy atom. The molecule has 134 valence electrons. The van der Waals surface area contributed by atoms with Crippen LogP contribution in [0, 0.1) is 0 Å². The molecule has 0 aliphatic carbocycles. The maximum atomic E-state index is 6.26. The van der Waals surface area contributed by atoms with E-state index in [2.05, 4.69) is 62.3 Å². The molecule has 0 rings (SSSR count). The zero-order valence-electron chi connectivity index (χ0n) is 16.4. The van der Waals surface area contributed by atoms with Crippen LogP contribution in [0.5, 0.6) is 0 Å². The van der Waals surface area contributed by atoms with Gasteiger partial charge in [-0.3, -0.25) is 0 Å². The van der Waals surface area contributed by atoms with Crippen molar-refractivity contribution in [1.29, 1.82) is 0 Å². The summed E-state index contributed by atoms with van der Waals surface area (Å²) in [5.74, 6) is 0. The van der Waals surface area contributed by atoms with Crippen LogP contribution in [-0.2, 0) is 13.6 Å². The molecule has 0 saturated heterocycles. The van der Waals surface area contributed by atoms with Crippen molar-refractivity contribution in [2.45, 2.75) is 118 Å². The largest absolute Gasteiger partial charge is 0.334 e. The van der Waals surface area contributed by atoms with E-state index >= 15 is 0 Å². The zero-order valence-corrected chi connectivity index (χ0v) is 17.3. The summed E-state index contributed by atoms with van der Waals surface area (Å²) in [7, 11) is -1.36. The normalized spacial score (nSPS) is 13.9. The maximum absolute atomic E-state index is 6.26. The lowest BCUT2D eigenvalue weighted by Gasteiger charge is -2.37. The molecule has 0 aliphatic heterocycles. The van der Waals surface area contributed by atoms with Gasteiger partial charge >= 0.3 is 8.60 Å². The molecule has 0 aromatic rings. The van der Waals surface area contributed by atoms with Gasteiger partial charge in [-0.1, -0.05) is 40.0 Å². The van der Waals surface area contributed by atoms with Crippen molar-refractivity contribution in [3.63, 3.8) is 0 Å². The molecule has 4 heteroatoms. The third-order valence-corrected chi connectivity index (χ3v) is 5.45. The monoisotopic (exact) mass is 334 g/mol. The highest BCUT2D eigenvalue weighted by Crippen LogP contribution is 2.52. The summed E-state index contributed by atoms with van der Waals surface area (Å²) in [5, 5.41) is 0. The van der Waals surface area contributed by atoms with E-state index in [1.54, 1.807) is 0 Å². The number of hydrogen-bond acceptors (Lipinski definition) is 3. The van der Waals surface area contributed by atoms with Crippen molar-refractivity contribution in [2.75, 3.05) is 0 Å². The molecule has 22 heavy (non-hydrogen) atoms. The Bertz CT molecular complexity index is 253. The van der Waals surface area contributed by atoms with Gasteiger partial charge in [-0.2, -0.15) is 0 Å². The minimum atomic E-state index is -1.36. The summed E-state index contributed by atoms with van der Waals surface area (Å²) in [6.07, 6.45) is 6.27. The molecule has 0 amide bonds.